The molecule has 0 aliphatic carbocycles. The van der Waals surface area contributed by atoms with Gasteiger partial charge in [-0.05, 0) is 49.2 Å². The van der Waals surface area contributed by atoms with Gasteiger partial charge in [-0.25, -0.2) is 8.78 Å². The van der Waals surface area contributed by atoms with Crippen molar-refractivity contribution >= 4 is 34.1 Å². The molecule has 2 N–H and O–H groups in total. The van der Waals surface area contributed by atoms with E-state index >= 15 is 0 Å². The van der Waals surface area contributed by atoms with E-state index in [1.807, 2.05) is 11.8 Å². The lowest BCUT2D eigenvalue weighted by Crippen LogP contribution is -2.52. The van der Waals surface area contributed by atoms with Crippen LogP contribution in [0, 0.1) is 18.6 Å². The van der Waals surface area contributed by atoms with E-state index in [0.717, 1.165) is 51.3 Å². The van der Waals surface area contributed by atoms with E-state index < -0.39 is 17.5 Å². The molecule has 2 fully saturated rings. The Kier molecular flexibility index (Phi) is 6.19. The van der Waals surface area contributed by atoms with Crippen molar-refractivity contribution in [1.82, 2.24) is 14.8 Å². The second kappa shape index (κ2) is 9.30. The molecular formula is C26H29F2N5O2. The standard InChI is InChI=1S/C26H29F2N5O2/c1-16-3-4-23(28)22-14-24(30-25(16)22)26(35)29-19-11-18(27)12-21(13-19)33-6-5-20(15-33)32-9-7-31(8-10-32)17(2)34/h3-4,11-14,20,30H,5-10,15H2,1-2H3,(H,29,35). The number of piperazine rings is 1. The first-order valence-corrected chi connectivity index (χ1v) is 11.9. The summed E-state index contributed by atoms with van der Waals surface area (Å²) in [6.45, 7) is 8.14. The van der Waals surface area contributed by atoms with Gasteiger partial charge in [0.15, 0.2) is 0 Å². The van der Waals surface area contributed by atoms with Crippen molar-refractivity contribution in [3.05, 3.63) is 59.3 Å². The van der Waals surface area contributed by atoms with E-state index in [4.69, 9.17) is 0 Å². The number of aromatic amines is 1. The number of aryl methyl sites for hydroxylation is 1. The van der Waals surface area contributed by atoms with E-state index in [1.165, 1.54) is 24.3 Å². The van der Waals surface area contributed by atoms with Crippen LogP contribution in [0.15, 0.2) is 36.4 Å². The molecule has 2 aromatic carbocycles. The predicted molar refractivity (Wildman–Crippen MR) is 132 cm³/mol. The number of hydrogen-bond donors (Lipinski definition) is 2. The molecule has 0 bridgehead atoms. The molecule has 184 valence electrons. The lowest BCUT2D eigenvalue weighted by Gasteiger charge is -2.37. The molecule has 1 atom stereocenters. The number of aromatic nitrogens is 1. The number of carbonyl (C=O) groups excluding carboxylic acids is 2. The van der Waals surface area contributed by atoms with Crippen molar-refractivity contribution in [2.75, 3.05) is 49.5 Å². The summed E-state index contributed by atoms with van der Waals surface area (Å²) in [4.78, 5) is 33.8. The zero-order chi connectivity index (χ0) is 24.7. The summed E-state index contributed by atoms with van der Waals surface area (Å²) in [5.41, 5.74) is 2.68. The molecule has 0 spiro atoms. The fourth-order valence-electron chi connectivity index (χ4n) is 5.15. The fraction of sp³-hybridized carbons (Fsp3) is 0.385. The van der Waals surface area contributed by atoms with E-state index in [1.54, 1.807) is 19.1 Å². The topological polar surface area (TPSA) is 71.7 Å². The summed E-state index contributed by atoms with van der Waals surface area (Å²) in [6.07, 6.45) is 0.957. The highest BCUT2D eigenvalue weighted by atomic mass is 19.1. The van der Waals surface area contributed by atoms with Gasteiger partial charge in [0.1, 0.15) is 17.3 Å². The Morgan fingerprint density at radius 1 is 1.03 bits per heavy atom. The van der Waals surface area contributed by atoms with E-state index in [-0.39, 0.29) is 11.6 Å². The van der Waals surface area contributed by atoms with Crippen molar-refractivity contribution in [2.24, 2.45) is 0 Å². The Bertz CT molecular complexity index is 1240. The normalized spacial score (nSPS) is 18.9. The number of nitrogens with one attached hydrogen (secondary N) is 2. The third-order valence-corrected chi connectivity index (χ3v) is 7.14. The Morgan fingerprint density at radius 2 is 1.80 bits per heavy atom. The minimum Gasteiger partial charge on any atom is -0.370 e. The molecule has 9 heteroatoms. The van der Waals surface area contributed by atoms with E-state index in [2.05, 4.69) is 20.1 Å². The number of benzene rings is 2. The van der Waals surface area contributed by atoms with Crippen molar-refractivity contribution in [3.63, 3.8) is 0 Å². The number of rotatable bonds is 4. The lowest BCUT2D eigenvalue weighted by molar-refractivity contribution is -0.130. The number of anilines is 2. The molecule has 1 aromatic heterocycles. The molecule has 1 unspecified atom stereocenters. The Labute approximate surface area is 202 Å². The molecule has 3 heterocycles. The van der Waals surface area contributed by atoms with E-state index in [9.17, 15) is 18.4 Å². The number of amides is 2. The first kappa shape index (κ1) is 23.3. The molecular weight excluding hydrogens is 452 g/mol. The maximum atomic E-state index is 14.5. The number of fused-ring (bicyclic) bond motifs is 1. The molecule has 0 radical (unpaired) electrons. The number of H-pyrrole nitrogens is 1. The average molecular weight is 482 g/mol. The van der Waals surface area contributed by atoms with Crippen LogP contribution in [0.3, 0.4) is 0 Å². The second-order valence-corrected chi connectivity index (χ2v) is 9.42. The number of hydrogen-bond acceptors (Lipinski definition) is 4. The summed E-state index contributed by atoms with van der Waals surface area (Å²) in [5.74, 6) is -1.19. The minimum atomic E-state index is -0.459. The van der Waals surface area contributed by atoms with Crippen molar-refractivity contribution in [1.29, 1.82) is 0 Å². The average Bonchev–Trinajstić information content (AvgIpc) is 3.50. The van der Waals surface area contributed by atoms with Gasteiger partial charge in [0, 0.05) is 69.0 Å². The Hall–Kier alpha value is -3.46. The van der Waals surface area contributed by atoms with Crippen molar-refractivity contribution < 1.29 is 18.4 Å². The smallest absolute Gasteiger partial charge is 0.272 e. The maximum Gasteiger partial charge on any atom is 0.272 e. The molecule has 5 rings (SSSR count). The summed E-state index contributed by atoms with van der Waals surface area (Å²) < 4.78 is 28.6. The van der Waals surface area contributed by atoms with Crippen molar-refractivity contribution in [2.45, 2.75) is 26.3 Å². The first-order valence-electron chi connectivity index (χ1n) is 11.9. The molecule has 35 heavy (non-hydrogen) atoms. The highest BCUT2D eigenvalue weighted by Gasteiger charge is 2.31. The summed E-state index contributed by atoms with van der Waals surface area (Å²) in [7, 11) is 0. The number of nitrogens with zero attached hydrogens (tertiary/aromatic N) is 3. The zero-order valence-corrected chi connectivity index (χ0v) is 19.9. The number of carbonyl (C=O) groups is 2. The second-order valence-electron chi connectivity index (χ2n) is 9.42. The SMILES string of the molecule is CC(=O)N1CCN(C2CCN(c3cc(F)cc(NC(=O)c4cc5c(F)ccc(C)c5[nH]4)c3)C2)CC1. The highest BCUT2D eigenvalue weighted by molar-refractivity contribution is 6.06. The Morgan fingerprint density at radius 3 is 2.51 bits per heavy atom. The van der Waals surface area contributed by atoms with Crippen LogP contribution in [0.25, 0.3) is 10.9 Å². The lowest BCUT2D eigenvalue weighted by atomic mass is 10.1. The van der Waals surface area contributed by atoms with Gasteiger partial charge in [0.2, 0.25) is 5.91 Å². The summed E-state index contributed by atoms with van der Waals surface area (Å²) >= 11 is 0. The van der Waals surface area contributed by atoms with Gasteiger partial charge in [-0.3, -0.25) is 14.5 Å². The van der Waals surface area contributed by atoms with Gasteiger partial charge >= 0.3 is 0 Å². The van der Waals surface area contributed by atoms with Crippen LogP contribution >= 0.6 is 0 Å². The molecule has 7 nitrogen and oxygen atoms in total. The quantitative estimate of drug-likeness (QED) is 0.596. The monoisotopic (exact) mass is 481 g/mol. The molecule has 0 saturated carbocycles. The van der Waals surface area contributed by atoms with Crippen LogP contribution in [0.5, 0.6) is 0 Å². The van der Waals surface area contributed by atoms with Gasteiger partial charge in [-0.1, -0.05) is 6.07 Å². The highest BCUT2D eigenvalue weighted by Crippen LogP contribution is 2.28. The van der Waals surface area contributed by atoms with Gasteiger partial charge in [0.25, 0.3) is 5.91 Å². The van der Waals surface area contributed by atoms with Gasteiger partial charge in [-0.15, -0.1) is 0 Å². The summed E-state index contributed by atoms with van der Waals surface area (Å²) in [5, 5.41) is 3.10. The third kappa shape index (κ3) is 4.73. The molecule has 2 saturated heterocycles. The Balaban J connectivity index is 1.27. The predicted octanol–water partition coefficient (Wildman–Crippen LogP) is 3.75. The molecule has 2 aliphatic heterocycles. The van der Waals surface area contributed by atoms with Crippen LogP contribution in [0.2, 0.25) is 0 Å². The van der Waals surface area contributed by atoms with Gasteiger partial charge < -0.3 is 20.1 Å². The molecule has 3 aromatic rings. The van der Waals surface area contributed by atoms with Gasteiger partial charge in [0.05, 0.1) is 5.52 Å². The fourth-order valence-corrected chi connectivity index (χ4v) is 5.15. The van der Waals surface area contributed by atoms with Crippen LogP contribution in [-0.4, -0.2) is 71.9 Å². The number of halogens is 2. The van der Waals surface area contributed by atoms with Crippen LogP contribution in [0.4, 0.5) is 20.2 Å². The summed E-state index contributed by atoms with van der Waals surface area (Å²) in [6, 6.07) is 9.38. The molecule has 2 aliphatic rings. The third-order valence-electron chi connectivity index (χ3n) is 7.14. The first-order chi connectivity index (χ1) is 16.8. The molecule has 2 amide bonds. The van der Waals surface area contributed by atoms with Crippen LogP contribution in [-0.2, 0) is 4.79 Å². The van der Waals surface area contributed by atoms with Crippen molar-refractivity contribution in [3.8, 4) is 0 Å². The largest absolute Gasteiger partial charge is 0.370 e. The van der Waals surface area contributed by atoms with Crippen LogP contribution in [0.1, 0.15) is 29.4 Å². The van der Waals surface area contributed by atoms with E-state index in [0.29, 0.717) is 28.3 Å². The van der Waals surface area contributed by atoms with Gasteiger partial charge in [-0.2, -0.15) is 0 Å². The minimum absolute atomic E-state index is 0.111. The zero-order valence-electron chi connectivity index (χ0n) is 19.9. The maximum absolute atomic E-state index is 14.5. The van der Waals surface area contributed by atoms with Crippen LogP contribution < -0.4 is 10.2 Å².